The molecular formula is C24H26ClNO3. The molecule has 1 aliphatic heterocycles. The zero-order valence-corrected chi connectivity index (χ0v) is 17.1. The van der Waals surface area contributed by atoms with Crippen LogP contribution in [-0.2, 0) is 17.8 Å². The Morgan fingerprint density at radius 2 is 1.69 bits per heavy atom. The third-order valence-electron chi connectivity index (χ3n) is 5.31. The normalized spacial score (nSPS) is 14.2. The van der Waals surface area contributed by atoms with Crippen molar-refractivity contribution in [3.63, 3.8) is 0 Å². The second-order valence-electron chi connectivity index (χ2n) is 7.51. The first-order valence-electron chi connectivity index (χ1n) is 9.82. The Bertz CT molecular complexity index is 955. The van der Waals surface area contributed by atoms with Crippen molar-refractivity contribution >= 4 is 29.1 Å². The maximum atomic E-state index is 10.9. The molecule has 0 radical (unpaired) electrons. The molecule has 0 atom stereocenters. The highest BCUT2D eigenvalue weighted by Gasteiger charge is 2.32. The molecule has 0 unspecified atom stereocenters. The van der Waals surface area contributed by atoms with Gasteiger partial charge in [-0.1, -0.05) is 48.5 Å². The number of carbonyl (C=O) groups is 1. The molecule has 1 N–H and O–H groups in total. The minimum Gasteiger partial charge on any atom is -0.494 e. The lowest BCUT2D eigenvalue weighted by atomic mass is 9.99. The van der Waals surface area contributed by atoms with Crippen LogP contribution in [0.5, 0.6) is 5.75 Å². The van der Waals surface area contributed by atoms with E-state index >= 15 is 0 Å². The molecule has 152 valence electrons. The van der Waals surface area contributed by atoms with E-state index in [1.165, 1.54) is 16.5 Å². The van der Waals surface area contributed by atoms with Crippen molar-refractivity contribution in [2.45, 2.75) is 19.4 Å². The van der Waals surface area contributed by atoms with Gasteiger partial charge in [0, 0.05) is 19.6 Å². The summed E-state index contributed by atoms with van der Waals surface area (Å²) in [5, 5.41) is 11.3. The molecule has 0 saturated carbocycles. The molecule has 29 heavy (non-hydrogen) atoms. The van der Waals surface area contributed by atoms with Crippen LogP contribution in [0.15, 0.2) is 66.7 Å². The summed E-state index contributed by atoms with van der Waals surface area (Å²) in [6.45, 7) is 2.79. The number of carboxylic acids is 1. The zero-order chi connectivity index (χ0) is 19.3. The fourth-order valence-electron chi connectivity index (χ4n) is 3.69. The third kappa shape index (κ3) is 5.49. The van der Waals surface area contributed by atoms with E-state index in [1.807, 2.05) is 12.1 Å². The number of carboxylic acid groups (broad SMARTS) is 1. The number of aliphatic carboxylic acids is 1. The SMILES string of the molecule is Cl.O=C(O)C1CN(Cc2ccc3cc(OCCCc4ccccc4)ccc3c2)C1. The summed E-state index contributed by atoms with van der Waals surface area (Å²) in [4.78, 5) is 13.1. The van der Waals surface area contributed by atoms with Gasteiger partial charge in [-0.05, 0) is 52.9 Å². The van der Waals surface area contributed by atoms with Crippen LogP contribution < -0.4 is 4.74 Å². The zero-order valence-electron chi connectivity index (χ0n) is 16.3. The summed E-state index contributed by atoms with van der Waals surface area (Å²) in [6, 6.07) is 23.1. The number of aryl methyl sites for hydroxylation is 1. The Hall–Kier alpha value is -2.56. The number of likely N-dealkylation sites (tertiary alicyclic amines) is 1. The van der Waals surface area contributed by atoms with Crippen LogP contribution in [0.4, 0.5) is 0 Å². The number of ether oxygens (including phenoxy) is 1. The molecule has 0 bridgehead atoms. The van der Waals surface area contributed by atoms with Crippen molar-refractivity contribution in [3.05, 3.63) is 77.9 Å². The van der Waals surface area contributed by atoms with Crippen LogP contribution in [-0.4, -0.2) is 35.7 Å². The molecule has 5 heteroatoms. The Balaban J connectivity index is 0.00000240. The van der Waals surface area contributed by atoms with E-state index in [2.05, 4.69) is 59.5 Å². The Labute approximate surface area is 177 Å². The predicted molar refractivity (Wildman–Crippen MR) is 118 cm³/mol. The lowest BCUT2D eigenvalue weighted by Gasteiger charge is -2.36. The monoisotopic (exact) mass is 411 g/mol. The topological polar surface area (TPSA) is 49.8 Å². The lowest BCUT2D eigenvalue weighted by molar-refractivity contribution is -0.147. The summed E-state index contributed by atoms with van der Waals surface area (Å²) in [6.07, 6.45) is 2.02. The van der Waals surface area contributed by atoms with Crippen LogP contribution in [0.3, 0.4) is 0 Å². The molecule has 1 saturated heterocycles. The highest BCUT2D eigenvalue weighted by Crippen LogP contribution is 2.25. The molecule has 4 nitrogen and oxygen atoms in total. The van der Waals surface area contributed by atoms with Gasteiger partial charge in [0.2, 0.25) is 0 Å². The molecule has 1 fully saturated rings. The van der Waals surface area contributed by atoms with Gasteiger partial charge in [-0.2, -0.15) is 0 Å². The van der Waals surface area contributed by atoms with E-state index in [-0.39, 0.29) is 18.3 Å². The van der Waals surface area contributed by atoms with E-state index in [0.717, 1.165) is 30.5 Å². The van der Waals surface area contributed by atoms with Gasteiger partial charge in [0.05, 0.1) is 12.5 Å². The van der Waals surface area contributed by atoms with Gasteiger partial charge in [-0.25, -0.2) is 0 Å². The van der Waals surface area contributed by atoms with Crippen molar-refractivity contribution < 1.29 is 14.6 Å². The molecule has 1 heterocycles. The number of rotatable bonds is 8. The highest BCUT2D eigenvalue weighted by atomic mass is 35.5. The van der Waals surface area contributed by atoms with Crippen LogP contribution in [0.2, 0.25) is 0 Å². The molecule has 0 amide bonds. The van der Waals surface area contributed by atoms with Crippen molar-refractivity contribution in [1.29, 1.82) is 0 Å². The Morgan fingerprint density at radius 1 is 0.966 bits per heavy atom. The van der Waals surface area contributed by atoms with Crippen LogP contribution in [0.25, 0.3) is 10.8 Å². The van der Waals surface area contributed by atoms with E-state index in [1.54, 1.807) is 0 Å². The molecule has 3 aromatic carbocycles. The summed E-state index contributed by atoms with van der Waals surface area (Å²) in [7, 11) is 0. The van der Waals surface area contributed by atoms with Gasteiger partial charge in [0.25, 0.3) is 0 Å². The summed E-state index contributed by atoms with van der Waals surface area (Å²) < 4.78 is 5.93. The number of nitrogens with zero attached hydrogens (tertiary/aromatic N) is 1. The lowest BCUT2D eigenvalue weighted by Crippen LogP contribution is -2.49. The molecule has 3 aromatic rings. The van der Waals surface area contributed by atoms with Crippen molar-refractivity contribution in [1.82, 2.24) is 4.90 Å². The van der Waals surface area contributed by atoms with Gasteiger partial charge in [0.1, 0.15) is 5.75 Å². The van der Waals surface area contributed by atoms with E-state index in [0.29, 0.717) is 19.7 Å². The Morgan fingerprint density at radius 3 is 2.45 bits per heavy atom. The van der Waals surface area contributed by atoms with Gasteiger partial charge in [-0.15, -0.1) is 12.4 Å². The highest BCUT2D eigenvalue weighted by molar-refractivity contribution is 5.85. The van der Waals surface area contributed by atoms with Gasteiger partial charge < -0.3 is 9.84 Å². The summed E-state index contributed by atoms with van der Waals surface area (Å²) in [5.74, 6) is 0.00784. The minimum absolute atomic E-state index is 0. The number of hydrogen-bond acceptors (Lipinski definition) is 3. The minimum atomic E-state index is -0.689. The maximum Gasteiger partial charge on any atom is 0.309 e. The Kier molecular flexibility index (Phi) is 7.13. The van der Waals surface area contributed by atoms with Crippen molar-refractivity contribution in [2.75, 3.05) is 19.7 Å². The second-order valence-corrected chi connectivity index (χ2v) is 7.51. The average molecular weight is 412 g/mol. The quantitative estimate of drug-likeness (QED) is 0.541. The summed E-state index contributed by atoms with van der Waals surface area (Å²) >= 11 is 0. The summed E-state index contributed by atoms with van der Waals surface area (Å²) in [5.41, 5.74) is 2.56. The average Bonchev–Trinajstić information content (AvgIpc) is 2.68. The predicted octanol–water partition coefficient (Wildman–Crippen LogP) is 4.79. The third-order valence-corrected chi connectivity index (χ3v) is 5.31. The molecule has 1 aliphatic rings. The maximum absolute atomic E-state index is 10.9. The first-order chi connectivity index (χ1) is 13.7. The van der Waals surface area contributed by atoms with Gasteiger partial charge in [0.15, 0.2) is 0 Å². The van der Waals surface area contributed by atoms with Crippen LogP contribution >= 0.6 is 12.4 Å². The van der Waals surface area contributed by atoms with Crippen molar-refractivity contribution in [3.8, 4) is 5.75 Å². The number of benzene rings is 3. The first-order valence-corrected chi connectivity index (χ1v) is 9.82. The molecule has 4 rings (SSSR count). The van der Waals surface area contributed by atoms with Gasteiger partial charge in [-0.3, -0.25) is 9.69 Å². The molecule has 0 aliphatic carbocycles. The molecule has 0 aromatic heterocycles. The standard InChI is InChI=1S/C24H25NO3.ClH/c26-24(27)22-16-25(17-22)15-19-8-9-21-14-23(11-10-20(21)13-19)28-12-4-7-18-5-2-1-3-6-18;/h1-3,5-6,8-11,13-14,22H,4,7,12,15-17H2,(H,26,27);1H. The molecular weight excluding hydrogens is 386 g/mol. The fraction of sp³-hybridized carbons (Fsp3) is 0.292. The molecule has 0 spiro atoms. The number of fused-ring (bicyclic) bond motifs is 1. The smallest absolute Gasteiger partial charge is 0.309 e. The van der Waals surface area contributed by atoms with Gasteiger partial charge >= 0.3 is 5.97 Å². The van der Waals surface area contributed by atoms with E-state index in [9.17, 15) is 4.79 Å². The van der Waals surface area contributed by atoms with E-state index < -0.39 is 5.97 Å². The second kappa shape index (κ2) is 9.77. The van der Waals surface area contributed by atoms with E-state index in [4.69, 9.17) is 9.84 Å². The first kappa shape index (κ1) is 21.2. The van der Waals surface area contributed by atoms with Crippen molar-refractivity contribution in [2.24, 2.45) is 5.92 Å². The fourth-order valence-corrected chi connectivity index (χ4v) is 3.69. The van der Waals surface area contributed by atoms with Crippen LogP contribution in [0, 0.1) is 5.92 Å². The van der Waals surface area contributed by atoms with Crippen LogP contribution in [0.1, 0.15) is 17.5 Å². The number of halogens is 1. The largest absolute Gasteiger partial charge is 0.494 e. The number of hydrogen-bond donors (Lipinski definition) is 1.